The summed E-state index contributed by atoms with van der Waals surface area (Å²) in [5, 5.41) is 3.61. The van der Waals surface area contributed by atoms with Gasteiger partial charge in [0.2, 0.25) is 0 Å². The van der Waals surface area contributed by atoms with Crippen LogP contribution in [-0.4, -0.2) is 29.1 Å². The minimum absolute atomic E-state index is 0.674. The van der Waals surface area contributed by atoms with Crippen molar-refractivity contribution in [2.75, 3.05) is 13.1 Å². The van der Waals surface area contributed by atoms with E-state index in [4.69, 9.17) is 0 Å². The number of nitrogens with zero attached hydrogens (tertiary/aromatic N) is 1. The van der Waals surface area contributed by atoms with E-state index in [1.165, 1.54) is 12.8 Å². The molecule has 1 N–H and O–H groups in total. The molecule has 0 aromatic heterocycles. The molecule has 2 nitrogen and oxygen atoms in total. The summed E-state index contributed by atoms with van der Waals surface area (Å²) in [5.41, 5.74) is 0. The summed E-state index contributed by atoms with van der Waals surface area (Å²) >= 11 is 3.54. The predicted octanol–water partition coefficient (Wildman–Crippen LogP) is 1.76. The van der Waals surface area contributed by atoms with Crippen LogP contribution in [0.2, 0.25) is 0 Å². The minimum atomic E-state index is 0.674. The van der Waals surface area contributed by atoms with Crippen LogP contribution in [0.5, 0.6) is 0 Å². The smallest absolute Gasteiger partial charge is 0.0247 e. The monoisotopic (exact) mass is 220 g/mol. The lowest BCUT2D eigenvalue weighted by molar-refractivity contribution is 0.256. The summed E-state index contributed by atoms with van der Waals surface area (Å²) in [6.45, 7) is 6.73. The Hall–Kier alpha value is 0.400. The Morgan fingerprint density at radius 2 is 1.73 bits per heavy atom. The molecular weight excluding hydrogens is 204 g/mol. The van der Waals surface area contributed by atoms with E-state index in [-0.39, 0.29) is 0 Å². The molecule has 66 valence electrons. The van der Waals surface area contributed by atoms with E-state index in [1.807, 2.05) is 0 Å². The first-order valence-corrected chi connectivity index (χ1v) is 5.14. The highest BCUT2D eigenvalue weighted by Gasteiger charge is 2.22. The average molecular weight is 221 g/mol. The van der Waals surface area contributed by atoms with E-state index in [0.717, 1.165) is 13.1 Å². The first-order valence-electron chi connectivity index (χ1n) is 4.43. The summed E-state index contributed by atoms with van der Waals surface area (Å²) in [4.78, 5) is 0. The number of hydrogen-bond acceptors (Lipinski definition) is 2. The molecule has 11 heavy (non-hydrogen) atoms. The molecule has 1 aliphatic heterocycles. The second-order valence-electron chi connectivity index (χ2n) is 3.20. The lowest BCUT2D eigenvalue weighted by atomic mass is 10.1. The van der Waals surface area contributed by atoms with Crippen LogP contribution in [0.15, 0.2) is 0 Å². The van der Waals surface area contributed by atoms with Crippen molar-refractivity contribution >= 4 is 16.1 Å². The predicted molar refractivity (Wildman–Crippen MR) is 51.8 cm³/mol. The molecule has 1 saturated heterocycles. The van der Waals surface area contributed by atoms with Gasteiger partial charge in [-0.1, -0.05) is 13.8 Å². The van der Waals surface area contributed by atoms with Crippen LogP contribution in [0.1, 0.15) is 26.7 Å². The SMILES string of the molecule is CC[C@@H]1CN(Br)C[C@H](CC)N1. The lowest BCUT2D eigenvalue weighted by Gasteiger charge is -2.34. The second-order valence-corrected chi connectivity index (χ2v) is 4.21. The van der Waals surface area contributed by atoms with Gasteiger partial charge in [-0.25, -0.2) is 3.93 Å². The third kappa shape index (κ3) is 2.73. The van der Waals surface area contributed by atoms with Crippen LogP contribution in [0.4, 0.5) is 0 Å². The van der Waals surface area contributed by atoms with Gasteiger partial charge in [0, 0.05) is 41.3 Å². The molecule has 0 aromatic rings. The fourth-order valence-corrected chi connectivity index (χ4v) is 2.18. The van der Waals surface area contributed by atoms with Crippen molar-refractivity contribution in [3.63, 3.8) is 0 Å². The first-order chi connectivity index (χ1) is 5.26. The van der Waals surface area contributed by atoms with Crippen molar-refractivity contribution in [1.82, 2.24) is 9.24 Å². The molecule has 0 amide bonds. The number of piperazine rings is 1. The van der Waals surface area contributed by atoms with Crippen molar-refractivity contribution < 1.29 is 0 Å². The van der Waals surface area contributed by atoms with E-state index < -0.39 is 0 Å². The maximum atomic E-state index is 3.61. The molecule has 1 aliphatic rings. The molecule has 1 rings (SSSR count). The molecule has 2 atom stereocenters. The standard InChI is InChI=1S/C8H17BrN2/c1-3-7-5-11(9)6-8(4-2)10-7/h7-8,10H,3-6H2,1-2H3/t7-,8+. The second kappa shape index (κ2) is 4.43. The molecule has 0 unspecified atom stereocenters. The van der Waals surface area contributed by atoms with Crippen molar-refractivity contribution in [3.8, 4) is 0 Å². The van der Waals surface area contributed by atoms with Gasteiger partial charge in [-0.2, -0.15) is 0 Å². The Balaban J connectivity index is 2.37. The third-order valence-corrected chi connectivity index (χ3v) is 2.87. The Kier molecular flexibility index (Phi) is 3.82. The van der Waals surface area contributed by atoms with Crippen molar-refractivity contribution in [2.45, 2.75) is 38.8 Å². The summed E-state index contributed by atoms with van der Waals surface area (Å²) in [5.74, 6) is 0. The molecule has 1 fully saturated rings. The van der Waals surface area contributed by atoms with Gasteiger partial charge in [0.1, 0.15) is 0 Å². The number of hydrogen-bond donors (Lipinski definition) is 1. The summed E-state index contributed by atoms with van der Waals surface area (Å²) in [7, 11) is 0. The maximum absolute atomic E-state index is 3.61. The van der Waals surface area contributed by atoms with Crippen LogP contribution in [0.3, 0.4) is 0 Å². The van der Waals surface area contributed by atoms with Gasteiger partial charge in [-0.05, 0) is 12.8 Å². The van der Waals surface area contributed by atoms with Gasteiger partial charge in [-0.3, -0.25) is 0 Å². The van der Waals surface area contributed by atoms with E-state index in [9.17, 15) is 0 Å². The zero-order chi connectivity index (χ0) is 8.27. The Labute approximate surface area is 77.7 Å². The normalized spacial score (nSPS) is 34.1. The Morgan fingerprint density at radius 3 is 2.09 bits per heavy atom. The average Bonchev–Trinajstić information content (AvgIpc) is 2.03. The highest BCUT2D eigenvalue weighted by molar-refractivity contribution is 9.07. The lowest BCUT2D eigenvalue weighted by Crippen LogP contribution is -2.52. The third-order valence-electron chi connectivity index (χ3n) is 2.29. The summed E-state index contributed by atoms with van der Waals surface area (Å²) < 4.78 is 2.24. The quantitative estimate of drug-likeness (QED) is 0.715. The van der Waals surface area contributed by atoms with Crippen LogP contribution >= 0.6 is 16.1 Å². The summed E-state index contributed by atoms with van der Waals surface area (Å²) in [6, 6.07) is 1.35. The zero-order valence-corrected chi connectivity index (χ0v) is 8.89. The van der Waals surface area contributed by atoms with Crippen LogP contribution < -0.4 is 5.32 Å². The first kappa shape index (κ1) is 9.49. The number of halogens is 1. The number of nitrogens with one attached hydrogen (secondary N) is 1. The molecular formula is C8H17BrN2. The molecule has 0 spiro atoms. The van der Waals surface area contributed by atoms with Gasteiger partial charge >= 0.3 is 0 Å². The fourth-order valence-electron chi connectivity index (χ4n) is 1.49. The molecule has 0 aromatic carbocycles. The van der Waals surface area contributed by atoms with Crippen molar-refractivity contribution in [3.05, 3.63) is 0 Å². The van der Waals surface area contributed by atoms with Gasteiger partial charge in [-0.15, -0.1) is 0 Å². The van der Waals surface area contributed by atoms with Gasteiger partial charge in [0.05, 0.1) is 0 Å². The highest BCUT2D eigenvalue weighted by Crippen LogP contribution is 2.12. The largest absolute Gasteiger partial charge is 0.309 e. The van der Waals surface area contributed by atoms with Crippen LogP contribution in [0, 0.1) is 0 Å². The summed E-state index contributed by atoms with van der Waals surface area (Å²) in [6.07, 6.45) is 2.44. The van der Waals surface area contributed by atoms with Crippen molar-refractivity contribution in [1.29, 1.82) is 0 Å². The molecule has 0 bridgehead atoms. The van der Waals surface area contributed by atoms with E-state index >= 15 is 0 Å². The van der Waals surface area contributed by atoms with Crippen LogP contribution in [0.25, 0.3) is 0 Å². The maximum Gasteiger partial charge on any atom is 0.0247 e. The van der Waals surface area contributed by atoms with Gasteiger partial charge < -0.3 is 5.32 Å². The van der Waals surface area contributed by atoms with E-state index in [1.54, 1.807) is 0 Å². The molecule has 0 aliphatic carbocycles. The van der Waals surface area contributed by atoms with Crippen molar-refractivity contribution in [2.24, 2.45) is 0 Å². The van der Waals surface area contributed by atoms with Gasteiger partial charge in [0.15, 0.2) is 0 Å². The molecule has 0 saturated carbocycles. The van der Waals surface area contributed by atoms with Gasteiger partial charge in [0.25, 0.3) is 0 Å². The Morgan fingerprint density at radius 1 is 1.27 bits per heavy atom. The topological polar surface area (TPSA) is 15.3 Å². The zero-order valence-electron chi connectivity index (χ0n) is 7.31. The van der Waals surface area contributed by atoms with Crippen LogP contribution in [-0.2, 0) is 0 Å². The highest BCUT2D eigenvalue weighted by atomic mass is 79.9. The molecule has 1 heterocycles. The Bertz CT molecular complexity index is 107. The van der Waals surface area contributed by atoms with E-state index in [2.05, 4.69) is 39.2 Å². The fraction of sp³-hybridized carbons (Fsp3) is 1.00. The minimum Gasteiger partial charge on any atom is -0.309 e. The number of rotatable bonds is 2. The molecule has 3 heteroatoms. The molecule has 0 radical (unpaired) electrons. The van der Waals surface area contributed by atoms with E-state index in [0.29, 0.717) is 12.1 Å².